The fourth-order valence-electron chi connectivity index (χ4n) is 3.41. The van der Waals surface area contributed by atoms with Gasteiger partial charge < -0.3 is 25.0 Å². The van der Waals surface area contributed by atoms with Gasteiger partial charge in [-0.1, -0.05) is 36.4 Å². The molecule has 1 aliphatic heterocycles. The number of nitrogens with one attached hydrogen (secondary N) is 2. The monoisotopic (exact) mass is 550 g/mol. The highest BCUT2D eigenvalue weighted by Crippen LogP contribution is 2.21. The number of methoxy groups -OCH3 is 1. The molecular weight excluding hydrogens is 515 g/mol. The van der Waals surface area contributed by atoms with E-state index >= 15 is 0 Å². The van der Waals surface area contributed by atoms with Crippen molar-refractivity contribution in [1.29, 1.82) is 0 Å². The molecular formula is C25H35IN4O2. The first kappa shape index (κ1) is 26.0. The normalized spacial score (nSPS) is 13.1. The van der Waals surface area contributed by atoms with Gasteiger partial charge in [0.2, 0.25) is 0 Å². The molecule has 0 unspecified atom stereocenters. The molecule has 2 aromatic carbocycles. The fourth-order valence-corrected chi connectivity index (χ4v) is 3.41. The molecule has 1 heterocycles. The summed E-state index contributed by atoms with van der Waals surface area (Å²) in [6.45, 7) is 9.24. The molecule has 0 spiro atoms. The van der Waals surface area contributed by atoms with E-state index in [9.17, 15) is 0 Å². The van der Waals surface area contributed by atoms with Crippen molar-refractivity contribution in [2.75, 3.05) is 44.9 Å². The summed E-state index contributed by atoms with van der Waals surface area (Å²) < 4.78 is 11.0. The van der Waals surface area contributed by atoms with Gasteiger partial charge in [0, 0.05) is 44.5 Å². The lowest BCUT2D eigenvalue weighted by Crippen LogP contribution is -2.36. The molecule has 0 radical (unpaired) electrons. The first-order chi connectivity index (χ1) is 15.2. The number of hydrogen-bond acceptors (Lipinski definition) is 4. The molecule has 0 bridgehead atoms. The summed E-state index contributed by atoms with van der Waals surface area (Å²) in [6, 6.07) is 14.9. The molecule has 0 aromatic heterocycles. The van der Waals surface area contributed by atoms with E-state index in [0.29, 0.717) is 26.3 Å². The molecule has 3 rings (SSSR count). The van der Waals surface area contributed by atoms with Crippen molar-refractivity contribution in [3.63, 3.8) is 0 Å². The van der Waals surface area contributed by atoms with Gasteiger partial charge in [-0.25, -0.2) is 4.99 Å². The summed E-state index contributed by atoms with van der Waals surface area (Å²) in [6.07, 6.45) is 4.41. The van der Waals surface area contributed by atoms with Crippen LogP contribution in [0.4, 0.5) is 5.69 Å². The number of hydrogen-bond donors (Lipinski definition) is 2. The van der Waals surface area contributed by atoms with Crippen LogP contribution >= 0.6 is 24.0 Å². The minimum Gasteiger partial charge on any atom is -0.491 e. The minimum atomic E-state index is 0. The van der Waals surface area contributed by atoms with Crippen molar-refractivity contribution in [2.24, 2.45) is 4.99 Å². The van der Waals surface area contributed by atoms with E-state index in [0.717, 1.165) is 36.9 Å². The van der Waals surface area contributed by atoms with Crippen LogP contribution in [0.25, 0.3) is 0 Å². The second kappa shape index (κ2) is 14.0. The Labute approximate surface area is 209 Å². The van der Waals surface area contributed by atoms with Gasteiger partial charge in [-0.2, -0.15) is 0 Å². The van der Waals surface area contributed by atoms with Crippen molar-refractivity contribution >= 4 is 35.6 Å². The van der Waals surface area contributed by atoms with Crippen LogP contribution in [0.5, 0.6) is 5.75 Å². The van der Waals surface area contributed by atoms with Crippen molar-refractivity contribution in [1.82, 2.24) is 10.6 Å². The molecule has 0 saturated carbocycles. The lowest BCUT2D eigenvalue weighted by Gasteiger charge is -2.18. The summed E-state index contributed by atoms with van der Waals surface area (Å²) in [5.41, 5.74) is 4.70. The van der Waals surface area contributed by atoms with Crippen molar-refractivity contribution in [3.05, 3.63) is 71.3 Å². The Bertz CT molecular complexity index is 893. The average molecular weight is 550 g/mol. The van der Waals surface area contributed by atoms with E-state index in [1.807, 2.05) is 0 Å². The quantitative estimate of drug-likeness (QED) is 0.152. The zero-order valence-electron chi connectivity index (χ0n) is 19.3. The van der Waals surface area contributed by atoms with Crippen molar-refractivity contribution in [2.45, 2.75) is 26.9 Å². The number of aliphatic imine (C=N–C) groups is 1. The number of guanidine groups is 1. The Balaban J connectivity index is 0.00000363. The van der Waals surface area contributed by atoms with Gasteiger partial charge in [-0.05, 0) is 43.2 Å². The number of ether oxygens (including phenoxy) is 2. The van der Waals surface area contributed by atoms with Crippen LogP contribution in [0.3, 0.4) is 0 Å². The Morgan fingerprint density at radius 2 is 1.88 bits per heavy atom. The van der Waals surface area contributed by atoms with Gasteiger partial charge in [0.25, 0.3) is 0 Å². The molecule has 174 valence electrons. The van der Waals surface area contributed by atoms with Crippen molar-refractivity contribution < 1.29 is 9.47 Å². The Hall–Kier alpha value is -2.26. The van der Waals surface area contributed by atoms with Gasteiger partial charge >= 0.3 is 0 Å². The highest BCUT2D eigenvalue weighted by Gasteiger charge is 2.09. The summed E-state index contributed by atoms with van der Waals surface area (Å²) >= 11 is 0. The molecule has 0 saturated heterocycles. The molecule has 7 heteroatoms. The molecule has 6 nitrogen and oxygen atoms in total. The van der Waals surface area contributed by atoms with E-state index in [-0.39, 0.29) is 24.0 Å². The lowest BCUT2D eigenvalue weighted by atomic mass is 10.1. The van der Waals surface area contributed by atoms with Crippen LogP contribution < -0.4 is 20.3 Å². The van der Waals surface area contributed by atoms with Crippen LogP contribution in [0.15, 0.2) is 59.6 Å². The fraction of sp³-hybridized carbons (Fsp3) is 0.400. The highest BCUT2D eigenvalue weighted by molar-refractivity contribution is 14.0. The standard InChI is InChI=1S/C25H34N4O2.HI/c1-4-26-25(27-18-21-8-7-9-23(17-21)29-12-5-6-13-29)28-19-22-11-10-20(2)16-24(22)31-15-14-30-3;/h5-11,16-17H,4,12-15,18-19H2,1-3H3,(H2,26,27,28);1H. The predicted octanol–water partition coefficient (Wildman–Crippen LogP) is 4.27. The maximum Gasteiger partial charge on any atom is 0.191 e. The van der Waals surface area contributed by atoms with Gasteiger partial charge in [0.15, 0.2) is 5.96 Å². The second-order valence-electron chi connectivity index (χ2n) is 7.55. The summed E-state index contributed by atoms with van der Waals surface area (Å²) in [5.74, 6) is 1.67. The van der Waals surface area contributed by atoms with E-state index in [4.69, 9.17) is 14.5 Å². The number of benzene rings is 2. The van der Waals surface area contributed by atoms with Crippen LogP contribution in [0.2, 0.25) is 0 Å². The molecule has 0 fully saturated rings. The SMILES string of the molecule is CCNC(=NCc1cccc(N2CC=CC2)c1)NCc1ccc(C)cc1OCCOC.I. The maximum atomic E-state index is 5.91. The smallest absolute Gasteiger partial charge is 0.191 e. The van der Waals surface area contributed by atoms with E-state index in [1.165, 1.54) is 16.8 Å². The maximum absolute atomic E-state index is 5.91. The summed E-state index contributed by atoms with van der Waals surface area (Å²) in [5, 5.41) is 6.77. The molecule has 0 atom stereocenters. The third-order valence-corrected chi connectivity index (χ3v) is 5.07. The zero-order valence-corrected chi connectivity index (χ0v) is 21.6. The molecule has 32 heavy (non-hydrogen) atoms. The molecule has 0 amide bonds. The van der Waals surface area contributed by atoms with E-state index in [1.54, 1.807) is 7.11 Å². The van der Waals surface area contributed by atoms with Crippen LogP contribution in [-0.2, 0) is 17.8 Å². The average Bonchev–Trinajstić information content (AvgIpc) is 3.32. The molecule has 2 aromatic rings. The summed E-state index contributed by atoms with van der Waals surface area (Å²) in [7, 11) is 1.68. The number of rotatable bonds is 10. The number of aryl methyl sites for hydroxylation is 1. The second-order valence-corrected chi connectivity index (χ2v) is 7.55. The van der Waals surface area contributed by atoms with E-state index < -0.39 is 0 Å². The number of halogens is 1. The highest BCUT2D eigenvalue weighted by atomic mass is 127. The number of anilines is 1. The molecule has 1 aliphatic rings. The Morgan fingerprint density at radius 1 is 1.06 bits per heavy atom. The molecule has 0 aliphatic carbocycles. The van der Waals surface area contributed by atoms with Crippen LogP contribution in [0.1, 0.15) is 23.6 Å². The van der Waals surface area contributed by atoms with Gasteiger partial charge in [-0.15, -0.1) is 24.0 Å². The third-order valence-electron chi connectivity index (χ3n) is 5.07. The topological polar surface area (TPSA) is 58.1 Å². The van der Waals surface area contributed by atoms with Crippen LogP contribution in [-0.4, -0.2) is 45.9 Å². The first-order valence-corrected chi connectivity index (χ1v) is 10.9. The first-order valence-electron chi connectivity index (χ1n) is 10.9. The van der Waals surface area contributed by atoms with E-state index in [2.05, 4.69) is 84.0 Å². The zero-order chi connectivity index (χ0) is 21.9. The van der Waals surface area contributed by atoms with Crippen molar-refractivity contribution in [3.8, 4) is 5.75 Å². The lowest BCUT2D eigenvalue weighted by molar-refractivity contribution is 0.145. The minimum absolute atomic E-state index is 0. The molecule has 2 N–H and O–H groups in total. The third kappa shape index (κ3) is 8.02. The number of nitrogens with zero attached hydrogens (tertiary/aromatic N) is 2. The largest absolute Gasteiger partial charge is 0.491 e. The van der Waals surface area contributed by atoms with Crippen LogP contribution in [0, 0.1) is 6.92 Å². The predicted molar refractivity (Wildman–Crippen MR) is 143 cm³/mol. The van der Waals surface area contributed by atoms with Gasteiger partial charge in [0.1, 0.15) is 12.4 Å². The Morgan fingerprint density at radius 3 is 2.62 bits per heavy atom. The summed E-state index contributed by atoms with van der Waals surface area (Å²) in [4.78, 5) is 7.14. The van der Waals surface area contributed by atoms with Gasteiger partial charge in [-0.3, -0.25) is 0 Å². The van der Waals surface area contributed by atoms with Gasteiger partial charge in [0.05, 0.1) is 13.2 Å². The Kier molecular flexibility index (Phi) is 11.4.